The summed E-state index contributed by atoms with van der Waals surface area (Å²) in [7, 11) is 1.82. The van der Waals surface area contributed by atoms with Gasteiger partial charge in [0, 0.05) is 141 Å². The molecule has 3 N–H and O–H groups in total. The van der Waals surface area contributed by atoms with Gasteiger partial charge in [0.05, 0.1) is 48.5 Å². The largest absolute Gasteiger partial charge is 0.493 e. The van der Waals surface area contributed by atoms with Crippen LogP contribution >= 0.6 is 0 Å². The summed E-state index contributed by atoms with van der Waals surface area (Å²) in [6, 6.07) is 12.9. The van der Waals surface area contributed by atoms with Crippen molar-refractivity contribution in [3.05, 3.63) is 177 Å². The van der Waals surface area contributed by atoms with Crippen LogP contribution in [0.2, 0.25) is 0 Å². The van der Waals surface area contributed by atoms with E-state index in [4.69, 9.17) is 31.9 Å². The van der Waals surface area contributed by atoms with Crippen LogP contribution in [0.1, 0.15) is 69.1 Å². The van der Waals surface area contributed by atoms with Gasteiger partial charge in [0.25, 0.3) is 5.82 Å². The Morgan fingerprint density at radius 3 is 1.72 bits per heavy atom. The minimum absolute atomic E-state index is 0.228. The molecule has 4 aliphatic heterocycles. The Hall–Kier alpha value is -10.7. The second kappa shape index (κ2) is 23.5. The molecule has 1 fully saturated rings. The molecule has 0 unspecified atom stereocenters. The van der Waals surface area contributed by atoms with Crippen molar-refractivity contribution in [2.24, 2.45) is 7.05 Å². The van der Waals surface area contributed by atoms with Crippen molar-refractivity contribution in [2.45, 2.75) is 64.6 Å². The molecule has 1 saturated heterocycles. The van der Waals surface area contributed by atoms with Crippen LogP contribution in [0.25, 0.3) is 44.3 Å². The van der Waals surface area contributed by atoms with E-state index in [1.165, 1.54) is 18.2 Å². The molecule has 15 rings (SSSR count). The fourth-order valence-electron chi connectivity index (χ4n) is 11.2. The van der Waals surface area contributed by atoms with Crippen LogP contribution < -0.4 is 30.2 Å². The highest BCUT2D eigenvalue weighted by molar-refractivity contribution is 5.77. The number of aryl methyl sites for hydroxylation is 2. The number of ether oxygens (including phenoxy) is 4. The summed E-state index contributed by atoms with van der Waals surface area (Å²) in [6.45, 7) is 13.3. The zero-order valence-corrected chi connectivity index (χ0v) is 46.6. The number of hydrogen-bond donors (Lipinski definition) is 3. The van der Waals surface area contributed by atoms with E-state index >= 15 is 0 Å². The lowest BCUT2D eigenvalue weighted by molar-refractivity contribution is 0.0854. The maximum Gasteiger partial charge on any atom is 0.288 e. The quantitative estimate of drug-likeness (QED) is 0.0765. The number of rotatable bonds is 12. The van der Waals surface area contributed by atoms with Crippen LogP contribution in [-0.4, -0.2) is 101 Å². The Morgan fingerprint density at radius 1 is 0.640 bits per heavy atom. The molecule has 0 amide bonds. The van der Waals surface area contributed by atoms with Crippen molar-refractivity contribution in [3.8, 4) is 52.1 Å². The van der Waals surface area contributed by atoms with Gasteiger partial charge in [-0.3, -0.25) is 13.2 Å². The fourth-order valence-corrected chi connectivity index (χ4v) is 11.2. The second-order valence-electron chi connectivity index (χ2n) is 20.6. The van der Waals surface area contributed by atoms with E-state index in [0.717, 1.165) is 93.8 Å². The third kappa shape index (κ3) is 10.6. The summed E-state index contributed by atoms with van der Waals surface area (Å²) in [5, 5.41) is 25.6. The second-order valence-corrected chi connectivity index (χ2v) is 20.6. The lowest BCUT2D eigenvalue weighted by Gasteiger charge is -2.23. The Labute approximate surface area is 489 Å². The van der Waals surface area contributed by atoms with E-state index in [9.17, 15) is 13.2 Å². The van der Waals surface area contributed by atoms with Gasteiger partial charge in [0.2, 0.25) is 23.5 Å². The molecule has 432 valence electrons. The number of nitrogens with one attached hydrogen (secondary N) is 3. The Bertz CT molecular complexity index is 4470. The molecule has 4 aliphatic rings. The molecule has 8 aromatic heterocycles. The number of benzene rings is 3. The number of aromatic nitrogens is 14. The van der Waals surface area contributed by atoms with Gasteiger partial charge in [-0.2, -0.15) is 10.2 Å². The summed E-state index contributed by atoms with van der Waals surface area (Å²) >= 11 is 0. The van der Waals surface area contributed by atoms with Gasteiger partial charge in [-0.15, -0.1) is 11.5 Å². The SMILES string of the molecule is C#Cc1cn2c(NCc3c(F)ccc4c3CCO4)ncc(C3CCOCC3)c2n1.Cc1cn2c(NCc3c(F)ccc4c3CCO4)ncc(-c3cnnn3C)c2n1.[C-]#[N+]c1cn2c(NCc3c(F)ccc4c3CCO4)ncc(-c3cccnn3)c2n1. The van der Waals surface area contributed by atoms with Gasteiger partial charge in [-0.05, 0) is 80.1 Å². The topological polar surface area (TPSA) is 224 Å². The molecule has 86 heavy (non-hydrogen) atoms. The third-order valence-electron chi connectivity index (χ3n) is 15.5. The average Bonchev–Trinajstić information content (AvgIpc) is 3.10. The van der Waals surface area contributed by atoms with Gasteiger partial charge in [0.15, 0.2) is 5.65 Å². The van der Waals surface area contributed by atoms with Gasteiger partial charge in [0.1, 0.15) is 51.7 Å². The molecule has 3 aromatic carbocycles. The van der Waals surface area contributed by atoms with Crippen LogP contribution in [0.4, 0.5) is 36.8 Å². The van der Waals surface area contributed by atoms with Crippen LogP contribution in [0.5, 0.6) is 17.2 Å². The van der Waals surface area contributed by atoms with Crippen LogP contribution in [0.3, 0.4) is 0 Å². The number of hydrogen-bond acceptors (Lipinski definition) is 17. The molecule has 0 radical (unpaired) electrons. The van der Waals surface area contributed by atoms with Crippen molar-refractivity contribution >= 4 is 40.6 Å². The Balaban J connectivity index is 0.000000120. The minimum Gasteiger partial charge on any atom is -0.493 e. The first-order chi connectivity index (χ1) is 42.1. The average molecular weight is 1160 g/mol. The monoisotopic (exact) mass is 1160 g/mol. The Morgan fingerprint density at radius 2 is 1.19 bits per heavy atom. The zero-order valence-electron chi connectivity index (χ0n) is 46.6. The number of halogens is 3. The molecule has 12 heterocycles. The number of anilines is 3. The summed E-state index contributed by atoms with van der Waals surface area (Å²) < 4.78 is 72.5. The molecule has 0 bridgehead atoms. The summed E-state index contributed by atoms with van der Waals surface area (Å²) in [5.41, 5.74) is 11.9. The highest BCUT2D eigenvalue weighted by Crippen LogP contribution is 2.36. The first-order valence-electron chi connectivity index (χ1n) is 27.8. The molecule has 22 nitrogen and oxygen atoms in total. The van der Waals surface area contributed by atoms with Crippen molar-refractivity contribution in [2.75, 3.05) is 49.0 Å². The lowest BCUT2D eigenvalue weighted by Crippen LogP contribution is -2.16. The lowest BCUT2D eigenvalue weighted by atomic mass is 9.93. The molecule has 0 spiro atoms. The maximum atomic E-state index is 14.5. The normalized spacial score (nSPS) is 13.9. The molecular weight excluding hydrogens is 1110 g/mol. The van der Waals surface area contributed by atoms with Crippen molar-refractivity contribution in [3.63, 3.8) is 0 Å². The number of fused-ring (bicyclic) bond motifs is 6. The zero-order chi connectivity index (χ0) is 58.8. The van der Waals surface area contributed by atoms with E-state index in [1.54, 1.807) is 76.6 Å². The third-order valence-corrected chi connectivity index (χ3v) is 15.5. The van der Waals surface area contributed by atoms with Crippen LogP contribution in [0, 0.1) is 43.3 Å². The smallest absolute Gasteiger partial charge is 0.288 e. The van der Waals surface area contributed by atoms with E-state index in [1.807, 2.05) is 35.2 Å². The number of terminal acetylenes is 1. The van der Waals surface area contributed by atoms with Crippen LogP contribution in [0.15, 0.2) is 98.1 Å². The number of nitrogens with zero attached hydrogens (tertiary/aromatic N) is 15. The van der Waals surface area contributed by atoms with Crippen LogP contribution in [-0.2, 0) is 50.7 Å². The Kier molecular flexibility index (Phi) is 14.9. The molecular formula is C61H53F3N18O4. The summed E-state index contributed by atoms with van der Waals surface area (Å²) in [4.78, 5) is 30.6. The summed E-state index contributed by atoms with van der Waals surface area (Å²) in [5.74, 6) is 6.25. The standard InChI is InChI=1S/C22H21FN4O2.C20H14FN7O.C19H18FN7O/c1-2-15-13-27-21(26-15)17(14-5-8-28-9-6-14)11-24-22(27)25-12-18-16-7-10-29-20(16)4-3-19(18)23;1-22-18-11-28-19(26-18)14(16-3-2-7-25-27-16)10-24-20(28)23-9-13-12-6-8-29-17(12)5-4-15(13)21;1-11-10-27-18(24-11)14(16-9-23-25-26(16)2)8-22-19(27)21-7-13-12-5-6-28-17(12)4-3-15(13)20/h1,3-4,11,13-14H,5-10,12H2,(H,24,25);2-5,7,10-11H,6,8-9H2,(H,23,24);3-4,8-10H,5-7H2,1-2H3,(H,21,22). The molecule has 0 aliphatic carbocycles. The molecule has 0 saturated carbocycles. The summed E-state index contributed by atoms with van der Waals surface area (Å²) in [6.07, 6.45) is 23.3. The minimum atomic E-state index is -0.290. The molecule has 25 heteroatoms. The van der Waals surface area contributed by atoms with Gasteiger partial charge in [-0.25, -0.2) is 42.8 Å². The van der Waals surface area contributed by atoms with Crippen molar-refractivity contribution < 1.29 is 32.1 Å². The van der Waals surface area contributed by atoms with E-state index in [0.29, 0.717) is 115 Å². The highest BCUT2D eigenvalue weighted by atomic mass is 19.1. The predicted octanol–water partition coefficient (Wildman–Crippen LogP) is 9.23. The fraction of sp³-hybridized carbons (Fsp3) is 0.262. The van der Waals surface area contributed by atoms with Crippen molar-refractivity contribution in [1.82, 2.24) is 68.3 Å². The molecule has 11 aromatic rings. The van der Waals surface area contributed by atoms with Crippen molar-refractivity contribution in [1.29, 1.82) is 0 Å². The van der Waals surface area contributed by atoms with Gasteiger partial charge >= 0.3 is 0 Å². The molecule has 0 atom stereocenters. The first kappa shape index (κ1) is 54.6. The first-order valence-corrected chi connectivity index (χ1v) is 27.8. The van der Waals surface area contributed by atoms with Gasteiger partial charge in [-0.1, -0.05) is 16.8 Å². The van der Waals surface area contributed by atoms with E-state index in [-0.39, 0.29) is 29.8 Å². The van der Waals surface area contributed by atoms with Gasteiger partial charge < -0.3 is 39.7 Å². The van der Waals surface area contributed by atoms with E-state index < -0.39 is 0 Å². The highest BCUT2D eigenvalue weighted by Gasteiger charge is 2.26. The number of imidazole rings is 3. The van der Waals surface area contributed by atoms with E-state index in [2.05, 4.69) is 77.1 Å². The maximum absolute atomic E-state index is 14.5. The predicted molar refractivity (Wildman–Crippen MR) is 310 cm³/mol.